The van der Waals surface area contributed by atoms with Gasteiger partial charge in [-0.05, 0) is 24.3 Å². The molecule has 4 heteroatoms. The van der Waals surface area contributed by atoms with Crippen molar-refractivity contribution in [3.05, 3.63) is 35.9 Å². The van der Waals surface area contributed by atoms with Gasteiger partial charge in [-0.1, -0.05) is 50.6 Å². The molecule has 0 saturated heterocycles. The van der Waals surface area contributed by atoms with Crippen LogP contribution < -0.4 is 0 Å². The molecule has 0 radical (unpaired) electrons. The van der Waals surface area contributed by atoms with Crippen LogP contribution in [0.2, 0.25) is 0 Å². The molecule has 1 aromatic carbocycles. The molecule has 0 aliphatic rings. The fourth-order valence-corrected chi connectivity index (χ4v) is 1.86. The Morgan fingerprint density at radius 3 is 2.09 bits per heavy atom. The van der Waals surface area contributed by atoms with Gasteiger partial charge in [0.05, 0.1) is 6.61 Å². The average molecular weight is 306 g/mol. The molecule has 0 amide bonds. The van der Waals surface area contributed by atoms with Gasteiger partial charge in [-0.15, -0.1) is 0 Å². The topological polar surface area (TPSA) is 52.6 Å². The van der Waals surface area contributed by atoms with E-state index in [2.05, 4.69) is 0 Å². The molecule has 0 aliphatic heterocycles. The fraction of sp³-hybridized carbons (Fsp3) is 0.556. The Kier molecular flexibility index (Phi) is 8.96. The highest BCUT2D eigenvalue weighted by atomic mass is 16.5. The number of ether oxygens (including phenoxy) is 2. The van der Waals surface area contributed by atoms with Crippen molar-refractivity contribution in [1.82, 2.24) is 0 Å². The number of rotatable bonds is 10. The SMILES string of the molecule is CC(C)COC(=O)CCCCCC(=O)OCc1ccccc1. The molecular weight excluding hydrogens is 280 g/mol. The zero-order chi connectivity index (χ0) is 16.2. The molecule has 0 fully saturated rings. The summed E-state index contributed by atoms with van der Waals surface area (Å²) in [5.74, 6) is 0.0231. The van der Waals surface area contributed by atoms with Crippen LogP contribution in [0.4, 0.5) is 0 Å². The lowest BCUT2D eigenvalue weighted by Crippen LogP contribution is -2.09. The van der Waals surface area contributed by atoms with E-state index in [-0.39, 0.29) is 11.9 Å². The monoisotopic (exact) mass is 306 g/mol. The van der Waals surface area contributed by atoms with Gasteiger partial charge in [-0.2, -0.15) is 0 Å². The van der Waals surface area contributed by atoms with Crippen molar-refractivity contribution >= 4 is 11.9 Å². The number of carbonyl (C=O) groups is 2. The normalized spacial score (nSPS) is 10.5. The minimum atomic E-state index is -0.189. The maximum absolute atomic E-state index is 11.6. The maximum Gasteiger partial charge on any atom is 0.306 e. The van der Waals surface area contributed by atoms with Crippen LogP contribution in [0.15, 0.2) is 30.3 Å². The summed E-state index contributed by atoms with van der Waals surface area (Å²) >= 11 is 0. The Hall–Kier alpha value is -1.84. The lowest BCUT2D eigenvalue weighted by molar-refractivity contribution is -0.145. The molecule has 1 aromatic rings. The molecule has 0 aromatic heterocycles. The third-order valence-corrected chi connectivity index (χ3v) is 3.08. The van der Waals surface area contributed by atoms with Gasteiger partial charge in [-0.25, -0.2) is 0 Å². The van der Waals surface area contributed by atoms with E-state index in [0.717, 1.165) is 24.8 Å². The van der Waals surface area contributed by atoms with Gasteiger partial charge in [-0.3, -0.25) is 9.59 Å². The number of benzene rings is 1. The Bertz CT molecular complexity index is 440. The summed E-state index contributed by atoms with van der Waals surface area (Å²) in [5.41, 5.74) is 0.990. The van der Waals surface area contributed by atoms with Crippen molar-refractivity contribution in [3.63, 3.8) is 0 Å². The van der Waals surface area contributed by atoms with Gasteiger partial charge in [0.2, 0.25) is 0 Å². The fourth-order valence-electron chi connectivity index (χ4n) is 1.86. The lowest BCUT2D eigenvalue weighted by atomic mass is 10.1. The first-order chi connectivity index (χ1) is 10.6. The molecule has 0 unspecified atom stereocenters. The second kappa shape index (κ2) is 10.8. The molecule has 122 valence electrons. The molecule has 0 atom stereocenters. The maximum atomic E-state index is 11.6. The van der Waals surface area contributed by atoms with E-state index < -0.39 is 0 Å². The van der Waals surface area contributed by atoms with Crippen molar-refractivity contribution in [2.24, 2.45) is 5.92 Å². The van der Waals surface area contributed by atoms with E-state index >= 15 is 0 Å². The Morgan fingerprint density at radius 1 is 0.909 bits per heavy atom. The van der Waals surface area contributed by atoms with Gasteiger partial charge in [0.1, 0.15) is 6.61 Å². The van der Waals surface area contributed by atoms with Crippen LogP contribution >= 0.6 is 0 Å². The second-order valence-electron chi connectivity index (χ2n) is 5.78. The van der Waals surface area contributed by atoms with Crippen LogP contribution in [0.25, 0.3) is 0 Å². The van der Waals surface area contributed by atoms with Crippen LogP contribution in [0.1, 0.15) is 51.5 Å². The van der Waals surface area contributed by atoms with Gasteiger partial charge >= 0.3 is 11.9 Å². The smallest absolute Gasteiger partial charge is 0.306 e. The highest BCUT2D eigenvalue weighted by molar-refractivity contribution is 5.69. The number of hydrogen-bond donors (Lipinski definition) is 0. The van der Waals surface area contributed by atoms with E-state index in [9.17, 15) is 9.59 Å². The molecule has 0 N–H and O–H groups in total. The van der Waals surface area contributed by atoms with Crippen molar-refractivity contribution in [3.8, 4) is 0 Å². The van der Waals surface area contributed by atoms with Gasteiger partial charge in [0.15, 0.2) is 0 Å². The Balaban J connectivity index is 2.00. The standard InChI is InChI=1S/C18H26O4/c1-15(2)13-21-17(19)11-7-4-8-12-18(20)22-14-16-9-5-3-6-10-16/h3,5-6,9-10,15H,4,7-8,11-14H2,1-2H3. The van der Waals surface area contributed by atoms with Crippen LogP contribution in [0, 0.1) is 5.92 Å². The largest absolute Gasteiger partial charge is 0.465 e. The zero-order valence-electron chi connectivity index (χ0n) is 13.5. The number of hydrogen-bond acceptors (Lipinski definition) is 4. The van der Waals surface area contributed by atoms with E-state index in [4.69, 9.17) is 9.47 Å². The third kappa shape index (κ3) is 9.16. The predicted molar refractivity (Wildman–Crippen MR) is 85.1 cm³/mol. The first kappa shape index (κ1) is 18.2. The summed E-state index contributed by atoms with van der Waals surface area (Å²) in [7, 11) is 0. The van der Waals surface area contributed by atoms with Crippen molar-refractivity contribution in [2.75, 3.05) is 6.61 Å². The number of esters is 2. The van der Waals surface area contributed by atoms with E-state index in [1.54, 1.807) is 0 Å². The van der Waals surface area contributed by atoms with E-state index in [1.165, 1.54) is 0 Å². The van der Waals surface area contributed by atoms with E-state index in [1.807, 2.05) is 44.2 Å². The molecule has 0 aliphatic carbocycles. The summed E-state index contributed by atoms with van der Waals surface area (Å²) < 4.78 is 10.3. The molecular formula is C18H26O4. The van der Waals surface area contributed by atoms with Gasteiger partial charge in [0.25, 0.3) is 0 Å². The van der Waals surface area contributed by atoms with Gasteiger partial charge in [0, 0.05) is 12.8 Å². The molecule has 1 rings (SSSR count). The number of unbranched alkanes of at least 4 members (excludes halogenated alkanes) is 2. The zero-order valence-corrected chi connectivity index (χ0v) is 13.5. The third-order valence-electron chi connectivity index (χ3n) is 3.08. The predicted octanol–water partition coefficient (Wildman–Crippen LogP) is 3.88. The molecule has 0 spiro atoms. The summed E-state index contributed by atoms with van der Waals surface area (Å²) in [4.78, 5) is 23.0. The average Bonchev–Trinajstić information content (AvgIpc) is 2.51. The highest BCUT2D eigenvalue weighted by Gasteiger charge is 2.06. The van der Waals surface area contributed by atoms with Crippen molar-refractivity contribution in [2.45, 2.75) is 52.6 Å². The first-order valence-electron chi connectivity index (χ1n) is 7.93. The Labute approximate surface area is 132 Å². The summed E-state index contributed by atoms with van der Waals surface area (Å²) in [6.45, 7) is 4.81. The first-order valence-corrected chi connectivity index (χ1v) is 7.93. The molecule has 0 saturated carbocycles. The minimum absolute atomic E-state index is 0.152. The Morgan fingerprint density at radius 2 is 1.50 bits per heavy atom. The molecule has 0 bridgehead atoms. The van der Waals surface area contributed by atoms with Crippen LogP contribution in [-0.4, -0.2) is 18.5 Å². The van der Waals surface area contributed by atoms with Crippen LogP contribution in [0.5, 0.6) is 0 Å². The number of carbonyl (C=O) groups excluding carboxylic acids is 2. The minimum Gasteiger partial charge on any atom is -0.465 e. The molecule has 0 heterocycles. The molecule has 4 nitrogen and oxygen atoms in total. The van der Waals surface area contributed by atoms with E-state index in [0.29, 0.717) is 32.0 Å². The van der Waals surface area contributed by atoms with Crippen LogP contribution in [-0.2, 0) is 25.7 Å². The second-order valence-corrected chi connectivity index (χ2v) is 5.78. The highest BCUT2D eigenvalue weighted by Crippen LogP contribution is 2.07. The summed E-state index contributed by atoms with van der Waals surface area (Å²) in [6.07, 6.45) is 3.14. The molecule has 22 heavy (non-hydrogen) atoms. The van der Waals surface area contributed by atoms with Crippen LogP contribution in [0.3, 0.4) is 0 Å². The van der Waals surface area contributed by atoms with Crippen molar-refractivity contribution < 1.29 is 19.1 Å². The quantitative estimate of drug-likeness (QED) is 0.486. The van der Waals surface area contributed by atoms with Gasteiger partial charge < -0.3 is 9.47 Å². The lowest BCUT2D eigenvalue weighted by Gasteiger charge is -2.07. The summed E-state index contributed by atoms with van der Waals surface area (Å²) in [5, 5.41) is 0. The van der Waals surface area contributed by atoms with Crippen molar-refractivity contribution in [1.29, 1.82) is 0 Å². The summed E-state index contributed by atoms with van der Waals surface area (Å²) in [6, 6.07) is 9.62.